The maximum Gasteiger partial charge on any atom is 0.244 e. The van der Waals surface area contributed by atoms with Crippen molar-refractivity contribution in [1.82, 2.24) is 28.9 Å². The summed E-state index contributed by atoms with van der Waals surface area (Å²) in [6, 6.07) is 6.35. The molecule has 152 valence electrons. The van der Waals surface area contributed by atoms with E-state index in [-0.39, 0.29) is 5.91 Å². The molecule has 2 aliphatic rings. The van der Waals surface area contributed by atoms with Gasteiger partial charge in [-0.3, -0.25) is 4.79 Å². The number of ether oxygens (including phenoxy) is 1. The molecule has 1 aliphatic carbocycles. The van der Waals surface area contributed by atoms with Crippen LogP contribution in [0.3, 0.4) is 0 Å². The average Bonchev–Trinajstić information content (AvgIpc) is 3.23. The lowest BCUT2D eigenvalue weighted by molar-refractivity contribution is -0.128. The molecular formula is C21H21N7O2. The van der Waals surface area contributed by atoms with Crippen molar-refractivity contribution in [2.45, 2.75) is 13.0 Å². The van der Waals surface area contributed by atoms with Gasteiger partial charge < -0.3 is 19.4 Å². The van der Waals surface area contributed by atoms with Crippen molar-refractivity contribution in [1.29, 1.82) is 0 Å². The number of amides is 1. The minimum atomic E-state index is 0.147. The first-order valence-corrected chi connectivity index (χ1v) is 10.0. The minimum absolute atomic E-state index is 0.147. The van der Waals surface area contributed by atoms with Crippen LogP contribution in [0.25, 0.3) is 22.3 Å². The average molecular weight is 403 g/mol. The summed E-state index contributed by atoms with van der Waals surface area (Å²) < 4.78 is 9.41. The van der Waals surface area contributed by atoms with E-state index >= 15 is 0 Å². The van der Waals surface area contributed by atoms with Crippen LogP contribution in [0.15, 0.2) is 43.0 Å². The normalized spacial score (nSPS) is 22.5. The van der Waals surface area contributed by atoms with Crippen LogP contribution in [0.2, 0.25) is 0 Å². The fourth-order valence-electron chi connectivity index (χ4n) is 4.65. The first kappa shape index (κ1) is 17.3. The van der Waals surface area contributed by atoms with Gasteiger partial charge in [0, 0.05) is 73.8 Å². The number of carbonyl (C=O) groups excluding carboxylic acids is 1. The number of pyridine rings is 1. The van der Waals surface area contributed by atoms with Crippen molar-refractivity contribution in [3.05, 3.63) is 43.0 Å². The molecule has 1 N–H and O–H groups in total. The molecule has 1 saturated carbocycles. The summed E-state index contributed by atoms with van der Waals surface area (Å²) in [5.41, 5.74) is 3.75. The molecule has 3 atom stereocenters. The second-order valence-corrected chi connectivity index (χ2v) is 8.00. The number of carbonyl (C=O) groups is 1. The number of hydrogen-bond donors (Lipinski definition) is 1. The molecule has 0 spiro atoms. The number of methoxy groups -OCH3 is 1. The van der Waals surface area contributed by atoms with Crippen LogP contribution in [-0.4, -0.2) is 61.0 Å². The zero-order valence-electron chi connectivity index (χ0n) is 16.7. The molecule has 9 heteroatoms. The number of rotatable bonds is 4. The van der Waals surface area contributed by atoms with Crippen LogP contribution in [0.5, 0.6) is 5.88 Å². The molecule has 1 aliphatic heterocycles. The molecule has 0 bridgehead atoms. The van der Waals surface area contributed by atoms with E-state index in [2.05, 4.69) is 20.4 Å². The highest BCUT2D eigenvalue weighted by atomic mass is 16.5. The first-order chi connectivity index (χ1) is 14.6. The number of anilines is 1. The molecule has 0 aromatic carbocycles. The summed E-state index contributed by atoms with van der Waals surface area (Å²) in [4.78, 5) is 22.4. The number of hydrogen-bond acceptors (Lipinski definition) is 6. The summed E-state index contributed by atoms with van der Waals surface area (Å²) >= 11 is 0. The molecular weight excluding hydrogens is 382 g/mol. The number of nitrogens with zero attached hydrogens (tertiary/aromatic N) is 6. The number of likely N-dealkylation sites (tertiary alicyclic amines) is 1. The van der Waals surface area contributed by atoms with Gasteiger partial charge in [-0.2, -0.15) is 4.98 Å². The SMILES string of the molecule is COc1nc(N[C@H]2[C@@H]3CN(C(C)=O)C[C@@H]32)nn2ccc(-c3ccc4nccn4c3)c12. The van der Waals surface area contributed by atoms with Crippen molar-refractivity contribution in [2.75, 3.05) is 25.5 Å². The molecule has 30 heavy (non-hydrogen) atoms. The fraction of sp³-hybridized carbons (Fsp3) is 0.333. The molecule has 2 fully saturated rings. The van der Waals surface area contributed by atoms with Gasteiger partial charge in [-0.05, 0) is 18.2 Å². The zero-order chi connectivity index (χ0) is 20.4. The standard InChI is InChI=1S/C21H21N7O2/c1-12(29)27-10-15-16(11-27)18(15)23-21-24-20(30-2)19-14(5-7-28(19)25-21)13-3-4-17-22-6-8-26(17)9-13/h3-9,15-16,18H,10-11H2,1-2H3,(H,23,25)/t15-,16+,18+. The van der Waals surface area contributed by atoms with Crippen molar-refractivity contribution in [3.63, 3.8) is 0 Å². The van der Waals surface area contributed by atoms with Gasteiger partial charge in [-0.1, -0.05) is 0 Å². The molecule has 9 nitrogen and oxygen atoms in total. The highest BCUT2D eigenvalue weighted by molar-refractivity contribution is 5.84. The third kappa shape index (κ3) is 2.54. The first-order valence-electron chi connectivity index (χ1n) is 10.0. The highest BCUT2D eigenvalue weighted by Crippen LogP contribution is 2.47. The van der Waals surface area contributed by atoms with E-state index in [1.54, 1.807) is 20.2 Å². The lowest BCUT2D eigenvalue weighted by atomic mass is 10.1. The van der Waals surface area contributed by atoms with Crippen molar-refractivity contribution in [2.24, 2.45) is 11.8 Å². The highest BCUT2D eigenvalue weighted by Gasteiger charge is 2.56. The second-order valence-electron chi connectivity index (χ2n) is 8.00. The van der Waals surface area contributed by atoms with Crippen molar-refractivity contribution in [3.8, 4) is 17.0 Å². The van der Waals surface area contributed by atoms with E-state index in [0.29, 0.717) is 29.7 Å². The molecule has 0 unspecified atom stereocenters. The van der Waals surface area contributed by atoms with Crippen LogP contribution in [0.4, 0.5) is 5.95 Å². The Morgan fingerprint density at radius 1 is 1.20 bits per heavy atom. The molecule has 1 saturated heterocycles. The number of piperidine rings is 1. The maximum absolute atomic E-state index is 11.5. The summed E-state index contributed by atoms with van der Waals surface area (Å²) in [6.45, 7) is 3.24. The Labute approximate surface area is 172 Å². The van der Waals surface area contributed by atoms with Gasteiger partial charge in [0.25, 0.3) is 0 Å². The van der Waals surface area contributed by atoms with Crippen LogP contribution in [0, 0.1) is 11.8 Å². The predicted octanol–water partition coefficient (Wildman–Crippen LogP) is 1.94. The Morgan fingerprint density at radius 3 is 2.80 bits per heavy atom. The quantitative estimate of drug-likeness (QED) is 0.560. The van der Waals surface area contributed by atoms with E-state index in [1.165, 1.54) is 0 Å². The minimum Gasteiger partial charge on any atom is -0.479 e. The Hall–Kier alpha value is -3.62. The Kier molecular flexibility index (Phi) is 3.56. The van der Waals surface area contributed by atoms with Gasteiger partial charge in [0.05, 0.1) is 7.11 Å². The van der Waals surface area contributed by atoms with Gasteiger partial charge in [-0.15, -0.1) is 5.10 Å². The Balaban J connectivity index is 1.31. The third-order valence-electron chi connectivity index (χ3n) is 6.31. The third-order valence-corrected chi connectivity index (χ3v) is 6.31. The lowest BCUT2D eigenvalue weighted by Crippen LogP contribution is -2.32. The largest absolute Gasteiger partial charge is 0.479 e. The van der Waals surface area contributed by atoms with Gasteiger partial charge in [-0.25, -0.2) is 9.50 Å². The number of aromatic nitrogens is 5. The molecule has 6 rings (SSSR count). The number of fused-ring (bicyclic) bond motifs is 3. The van der Waals surface area contributed by atoms with E-state index in [1.807, 2.05) is 50.6 Å². The monoisotopic (exact) mass is 403 g/mol. The van der Waals surface area contributed by atoms with E-state index in [4.69, 9.17) is 4.74 Å². The van der Waals surface area contributed by atoms with Crippen LogP contribution in [0.1, 0.15) is 6.92 Å². The Bertz CT molecular complexity index is 1280. The summed E-state index contributed by atoms with van der Waals surface area (Å²) in [5.74, 6) is 2.16. The molecule has 1 amide bonds. The van der Waals surface area contributed by atoms with Gasteiger partial charge in [0.1, 0.15) is 11.2 Å². The van der Waals surface area contributed by atoms with Crippen LogP contribution < -0.4 is 10.1 Å². The molecule has 5 heterocycles. The number of imidazole rings is 1. The topological polar surface area (TPSA) is 89.1 Å². The maximum atomic E-state index is 11.5. The van der Waals surface area contributed by atoms with E-state index < -0.39 is 0 Å². The van der Waals surface area contributed by atoms with Gasteiger partial charge >= 0.3 is 0 Å². The predicted molar refractivity (Wildman–Crippen MR) is 110 cm³/mol. The van der Waals surface area contributed by atoms with Crippen molar-refractivity contribution < 1.29 is 9.53 Å². The summed E-state index contributed by atoms with van der Waals surface area (Å²) in [7, 11) is 1.62. The van der Waals surface area contributed by atoms with Crippen LogP contribution in [-0.2, 0) is 4.79 Å². The summed E-state index contributed by atoms with van der Waals surface area (Å²) in [5, 5.41) is 8.10. The molecule has 4 aromatic heterocycles. The smallest absolute Gasteiger partial charge is 0.244 e. The number of nitrogens with one attached hydrogen (secondary N) is 1. The second kappa shape index (κ2) is 6.19. The van der Waals surface area contributed by atoms with Crippen LogP contribution >= 0.6 is 0 Å². The zero-order valence-corrected chi connectivity index (χ0v) is 16.7. The summed E-state index contributed by atoms with van der Waals surface area (Å²) in [6.07, 6.45) is 7.66. The van der Waals surface area contributed by atoms with Crippen molar-refractivity contribution >= 4 is 23.0 Å². The van der Waals surface area contributed by atoms with Gasteiger partial charge in [0.15, 0.2) is 0 Å². The Morgan fingerprint density at radius 2 is 2.03 bits per heavy atom. The fourth-order valence-corrected chi connectivity index (χ4v) is 4.65. The molecule has 0 radical (unpaired) electrons. The van der Waals surface area contributed by atoms with Gasteiger partial charge in [0.2, 0.25) is 17.7 Å². The molecule has 4 aromatic rings. The van der Waals surface area contributed by atoms with E-state index in [9.17, 15) is 4.79 Å². The lowest BCUT2D eigenvalue weighted by Gasteiger charge is -2.18. The van der Waals surface area contributed by atoms with E-state index in [0.717, 1.165) is 35.4 Å².